The Balaban J connectivity index is 1.72. The minimum Gasteiger partial charge on any atom is -0.497 e. The Bertz CT molecular complexity index is 1170. The van der Waals surface area contributed by atoms with E-state index in [2.05, 4.69) is 25.6 Å². The summed E-state index contributed by atoms with van der Waals surface area (Å²) in [6.07, 6.45) is 1.65. The van der Waals surface area contributed by atoms with Gasteiger partial charge in [0.2, 0.25) is 11.6 Å². The van der Waals surface area contributed by atoms with Crippen LogP contribution < -0.4 is 24.3 Å². The average Bonchev–Trinajstić information content (AvgIpc) is 3.21. The highest BCUT2D eigenvalue weighted by atomic mass is 16.5. The number of fused-ring (bicyclic) bond motifs is 1. The molecule has 0 aliphatic rings. The van der Waals surface area contributed by atoms with Crippen molar-refractivity contribution in [2.75, 3.05) is 33.8 Å². The van der Waals surface area contributed by atoms with Gasteiger partial charge in [0.25, 0.3) is 0 Å². The zero-order valence-electron chi connectivity index (χ0n) is 16.9. The zero-order valence-corrected chi connectivity index (χ0v) is 16.9. The third kappa shape index (κ3) is 3.50. The predicted molar refractivity (Wildman–Crippen MR) is 110 cm³/mol. The summed E-state index contributed by atoms with van der Waals surface area (Å²) >= 11 is 0. The molecule has 10 heteroatoms. The average molecular weight is 408 g/mol. The highest BCUT2D eigenvalue weighted by Gasteiger charge is 2.15. The molecular weight excluding hydrogens is 388 g/mol. The van der Waals surface area contributed by atoms with Gasteiger partial charge in [-0.05, 0) is 18.2 Å². The molecular formula is C20H20N6O4. The van der Waals surface area contributed by atoms with E-state index in [9.17, 15) is 0 Å². The van der Waals surface area contributed by atoms with E-state index in [-0.39, 0.29) is 0 Å². The van der Waals surface area contributed by atoms with Crippen molar-refractivity contribution < 1.29 is 18.9 Å². The summed E-state index contributed by atoms with van der Waals surface area (Å²) in [6.45, 7) is 0. The molecule has 3 heterocycles. The van der Waals surface area contributed by atoms with Gasteiger partial charge in [-0.3, -0.25) is 4.98 Å². The standard InChI is InChI=1S/C20H20N6O4/c1-27-13-7-8-21-14(11-13)20-24-23-18-6-5-17(25-26(18)20)22-12-9-15(28-2)19(30-4)16(10-12)29-3/h5-11H,1-4H3,(H,22,25). The van der Waals surface area contributed by atoms with E-state index in [4.69, 9.17) is 18.9 Å². The topological polar surface area (TPSA) is 105 Å². The van der Waals surface area contributed by atoms with E-state index >= 15 is 0 Å². The Morgan fingerprint density at radius 3 is 2.27 bits per heavy atom. The van der Waals surface area contributed by atoms with Crippen LogP contribution in [0.1, 0.15) is 0 Å². The van der Waals surface area contributed by atoms with Crippen LogP contribution in [0.4, 0.5) is 11.5 Å². The molecule has 0 unspecified atom stereocenters. The fourth-order valence-electron chi connectivity index (χ4n) is 2.98. The van der Waals surface area contributed by atoms with Crippen LogP contribution in [0.15, 0.2) is 42.6 Å². The van der Waals surface area contributed by atoms with Crippen molar-refractivity contribution in [3.05, 3.63) is 42.6 Å². The molecule has 0 radical (unpaired) electrons. The van der Waals surface area contributed by atoms with Gasteiger partial charge >= 0.3 is 0 Å². The molecule has 0 fully saturated rings. The molecule has 0 aliphatic carbocycles. The fourth-order valence-corrected chi connectivity index (χ4v) is 2.98. The first-order valence-electron chi connectivity index (χ1n) is 8.96. The van der Waals surface area contributed by atoms with Crippen molar-refractivity contribution in [3.63, 3.8) is 0 Å². The van der Waals surface area contributed by atoms with Crippen molar-refractivity contribution >= 4 is 17.2 Å². The van der Waals surface area contributed by atoms with Crippen LogP contribution in [0.5, 0.6) is 23.0 Å². The number of aromatic nitrogens is 5. The van der Waals surface area contributed by atoms with E-state index in [1.807, 2.05) is 6.07 Å². The van der Waals surface area contributed by atoms with E-state index in [0.717, 1.165) is 0 Å². The predicted octanol–water partition coefficient (Wildman–Crippen LogP) is 2.96. The van der Waals surface area contributed by atoms with Crippen molar-refractivity contribution in [1.82, 2.24) is 24.8 Å². The van der Waals surface area contributed by atoms with Crippen LogP contribution in [-0.4, -0.2) is 53.2 Å². The maximum atomic E-state index is 5.40. The molecule has 0 atom stereocenters. The summed E-state index contributed by atoms with van der Waals surface area (Å²) in [5.41, 5.74) is 1.90. The number of nitrogens with one attached hydrogen (secondary N) is 1. The minimum atomic E-state index is 0.498. The molecule has 4 rings (SSSR count). The van der Waals surface area contributed by atoms with Gasteiger partial charge in [-0.1, -0.05) is 0 Å². The van der Waals surface area contributed by atoms with E-state index in [0.29, 0.717) is 51.7 Å². The van der Waals surface area contributed by atoms with Crippen LogP contribution in [0, 0.1) is 0 Å². The number of benzene rings is 1. The monoisotopic (exact) mass is 408 g/mol. The van der Waals surface area contributed by atoms with Gasteiger partial charge in [0.1, 0.15) is 11.4 Å². The third-order valence-electron chi connectivity index (χ3n) is 4.40. The summed E-state index contributed by atoms with van der Waals surface area (Å²) in [5, 5.41) is 16.2. The quantitative estimate of drug-likeness (QED) is 0.494. The van der Waals surface area contributed by atoms with Gasteiger partial charge in [0.15, 0.2) is 23.0 Å². The Labute approximate surface area is 172 Å². The highest BCUT2D eigenvalue weighted by Crippen LogP contribution is 2.40. The SMILES string of the molecule is COc1ccnc(-c2nnc3ccc(Nc4cc(OC)c(OC)c(OC)c4)nn23)c1. The van der Waals surface area contributed by atoms with E-state index in [1.165, 1.54) is 0 Å². The van der Waals surface area contributed by atoms with Crippen LogP contribution in [-0.2, 0) is 0 Å². The number of nitrogens with zero attached hydrogens (tertiary/aromatic N) is 5. The first-order chi connectivity index (χ1) is 14.7. The minimum absolute atomic E-state index is 0.498. The molecule has 0 saturated carbocycles. The molecule has 4 aromatic rings. The summed E-state index contributed by atoms with van der Waals surface area (Å²) in [4.78, 5) is 4.35. The van der Waals surface area contributed by atoms with Crippen LogP contribution in [0.3, 0.4) is 0 Å². The summed E-state index contributed by atoms with van der Waals surface area (Å²) in [7, 11) is 6.29. The normalized spacial score (nSPS) is 10.7. The summed E-state index contributed by atoms with van der Waals surface area (Å²) in [6, 6.07) is 10.7. The zero-order chi connectivity index (χ0) is 21.1. The molecule has 0 spiro atoms. The van der Waals surface area contributed by atoms with Gasteiger partial charge in [0.05, 0.1) is 28.4 Å². The Hall–Kier alpha value is -4.08. The summed E-state index contributed by atoms with van der Waals surface area (Å²) in [5.74, 6) is 3.32. The van der Waals surface area contributed by atoms with E-state index in [1.54, 1.807) is 69.5 Å². The largest absolute Gasteiger partial charge is 0.497 e. The number of methoxy groups -OCH3 is 4. The second-order valence-electron chi connectivity index (χ2n) is 6.13. The van der Waals surface area contributed by atoms with Gasteiger partial charge in [0, 0.05) is 30.1 Å². The van der Waals surface area contributed by atoms with Crippen molar-refractivity contribution in [3.8, 4) is 34.5 Å². The van der Waals surface area contributed by atoms with Crippen LogP contribution >= 0.6 is 0 Å². The Morgan fingerprint density at radius 1 is 0.833 bits per heavy atom. The van der Waals surface area contributed by atoms with E-state index < -0.39 is 0 Å². The van der Waals surface area contributed by atoms with Gasteiger partial charge in [-0.15, -0.1) is 15.3 Å². The second kappa shape index (κ2) is 8.11. The molecule has 30 heavy (non-hydrogen) atoms. The first-order valence-corrected chi connectivity index (χ1v) is 8.96. The lowest BCUT2D eigenvalue weighted by atomic mass is 10.2. The smallest absolute Gasteiger partial charge is 0.203 e. The first kappa shape index (κ1) is 19.2. The summed E-state index contributed by atoms with van der Waals surface area (Å²) < 4.78 is 23.0. The number of ether oxygens (including phenoxy) is 4. The maximum Gasteiger partial charge on any atom is 0.203 e. The van der Waals surface area contributed by atoms with Crippen molar-refractivity contribution in [2.24, 2.45) is 0 Å². The molecule has 1 aromatic carbocycles. The molecule has 0 amide bonds. The van der Waals surface area contributed by atoms with Gasteiger partial charge in [-0.2, -0.15) is 4.52 Å². The van der Waals surface area contributed by atoms with Crippen LogP contribution in [0.25, 0.3) is 17.2 Å². The lowest BCUT2D eigenvalue weighted by Gasteiger charge is -2.14. The highest BCUT2D eigenvalue weighted by molar-refractivity contribution is 5.67. The second-order valence-corrected chi connectivity index (χ2v) is 6.13. The van der Waals surface area contributed by atoms with Crippen molar-refractivity contribution in [2.45, 2.75) is 0 Å². The lowest BCUT2D eigenvalue weighted by molar-refractivity contribution is 0.324. The number of pyridine rings is 1. The maximum absolute atomic E-state index is 5.40. The molecule has 10 nitrogen and oxygen atoms in total. The molecule has 0 aliphatic heterocycles. The Morgan fingerprint density at radius 2 is 1.60 bits per heavy atom. The molecule has 3 aromatic heterocycles. The van der Waals surface area contributed by atoms with Crippen molar-refractivity contribution in [1.29, 1.82) is 0 Å². The fraction of sp³-hybridized carbons (Fsp3) is 0.200. The molecule has 0 bridgehead atoms. The number of anilines is 2. The number of hydrogen-bond acceptors (Lipinski definition) is 9. The van der Waals surface area contributed by atoms with Crippen LogP contribution in [0.2, 0.25) is 0 Å². The molecule has 1 N–H and O–H groups in total. The molecule has 0 saturated heterocycles. The number of rotatable bonds is 7. The third-order valence-corrected chi connectivity index (χ3v) is 4.40. The number of hydrogen-bond donors (Lipinski definition) is 1. The van der Waals surface area contributed by atoms with Gasteiger partial charge in [-0.25, -0.2) is 0 Å². The van der Waals surface area contributed by atoms with Gasteiger partial charge < -0.3 is 24.3 Å². The lowest BCUT2D eigenvalue weighted by Crippen LogP contribution is -2.02. The molecule has 154 valence electrons. The Kier molecular flexibility index (Phi) is 5.21.